The summed E-state index contributed by atoms with van der Waals surface area (Å²) >= 11 is 0. The van der Waals surface area contributed by atoms with Crippen LogP contribution in [0.4, 0.5) is 0 Å². The summed E-state index contributed by atoms with van der Waals surface area (Å²) in [6, 6.07) is 0. The minimum Gasteiger partial charge on any atom is -0.374 e. The molecule has 6 heavy (non-hydrogen) atoms. The van der Waals surface area contributed by atoms with Crippen molar-refractivity contribution in [3.8, 4) is 0 Å². The van der Waals surface area contributed by atoms with E-state index in [4.69, 9.17) is 4.89 Å². The van der Waals surface area contributed by atoms with Gasteiger partial charge in [0.2, 0.25) is 0 Å². The minimum absolute atomic E-state index is 0.405. The Morgan fingerprint density at radius 3 is 2.50 bits per heavy atom. The molecule has 0 amide bonds. The van der Waals surface area contributed by atoms with E-state index in [1.165, 1.54) is 12.6 Å². The fraction of sp³-hybridized carbons (Fsp3) is 1.00. The zero-order chi connectivity index (χ0) is 4.15. The third-order valence-electron chi connectivity index (χ3n) is 1.69. The largest absolute Gasteiger partial charge is 0.374 e. The lowest BCUT2D eigenvalue weighted by Gasteiger charge is -2.16. The zero-order valence-electron chi connectivity index (χ0n) is 3.46. The molecule has 2 aliphatic rings. The van der Waals surface area contributed by atoms with Crippen molar-refractivity contribution in [1.29, 1.82) is 0 Å². The van der Waals surface area contributed by atoms with Gasteiger partial charge in [0.05, 0.1) is 0 Å². The summed E-state index contributed by atoms with van der Waals surface area (Å²) in [5.41, 5.74) is 0.819. The lowest BCUT2D eigenvalue weighted by molar-refractivity contribution is 0.598. The summed E-state index contributed by atoms with van der Waals surface area (Å²) in [5, 5.41) is 0. The lowest BCUT2D eigenvalue weighted by Crippen LogP contribution is -2.04. The van der Waals surface area contributed by atoms with Gasteiger partial charge < -0.3 is 4.89 Å². The summed E-state index contributed by atoms with van der Waals surface area (Å²) in [4.78, 5) is 8.82. The van der Waals surface area contributed by atoms with Gasteiger partial charge >= 0.3 is 0 Å². The minimum atomic E-state index is -0.405. The van der Waals surface area contributed by atoms with Crippen molar-refractivity contribution in [1.82, 2.24) is 0 Å². The van der Waals surface area contributed by atoms with E-state index in [0.29, 0.717) is 0 Å². The van der Waals surface area contributed by atoms with Crippen LogP contribution in [-0.4, -0.2) is 16.7 Å². The molecule has 1 aliphatic carbocycles. The number of hydrogen-bond donors (Lipinski definition) is 1. The van der Waals surface area contributed by atoms with E-state index in [2.05, 4.69) is 0 Å². The van der Waals surface area contributed by atoms with Gasteiger partial charge in [-0.2, -0.15) is 0 Å². The lowest BCUT2D eigenvalue weighted by atomic mass is 10.5. The monoisotopic (exact) mass is 102 g/mol. The average Bonchev–Trinajstić information content (AvgIpc) is 2.12. The number of fused-ring (bicyclic) bond motifs is 1. The number of hydrogen-bond acceptors (Lipinski definition) is 1. The van der Waals surface area contributed by atoms with E-state index in [0.717, 1.165) is 11.6 Å². The second-order valence-corrected chi connectivity index (χ2v) is 4.09. The van der Waals surface area contributed by atoms with Crippen molar-refractivity contribution in [2.75, 3.05) is 6.16 Å². The summed E-state index contributed by atoms with van der Waals surface area (Å²) in [6.45, 7) is 0. The maximum atomic E-state index is 8.82. The molecule has 3 atom stereocenters. The first-order valence-electron chi connectivity index (χ1n) is 2.33. The van der Waals surface area contributed by atoms with E-state index in [9.17, 15) is 0 Å². The van der Waals surface area contributed by atoms with Crippen LogP contribution in [0.5, 0.6) is 0 Å². The van der Waals surface area contributed by atoms with Crippen LogP contribution in [0, 0.1) is 5.92 Å². The summed E-state index contributed by atoms with van der Waals surface area (Å²) < 4.78 is 0. The predicted molar refractivity (Wildman–Crippen MR) is 25.9 cm³/mol. The highest BCUT2D eigenvalue weighted by atomic mass is 31.1. The molecule has 1 nitrogen and oxygen atoms in total. The molecule has 2 fully saturated rings. The van der Waals surface area contributed by atoms with Gasteiger partial charge in [-0.05, 0) is 18.5 Å². The molecule has 0 spiro atoms. The van der Waals surface area contributed by atoms with Crippen LogP contribution in [0.15, 0.2) is 0 Å². The van der Waals surface area contributed by atoms with Gasteiger partial charge in [-0.1, -0.05) is 0 Å². The predicted octanol–water partition coefficient (Wildman–Crippen LogP) is 0.778. The van der Waals surface area contributed by atoms with Crippen LogP contribution in [-0.2, 0) is 0 Å². The van der Waals surface area contributed by atoms with E-state index < -0.39 is 8.15 Å². The van der Waals surface area contributed by atoms with Gasteiger partial charge in [-0.15, -0.1) is 0 Å². The highest BCUT2D eigenvalue weighted by Gasteiger charge is 2.53. The van der Waals surface area contributed by atoms with Crippen LogP contribution in [0.1, 0.15) is 6.42 Å². The van der Waals surface area contributed by atoms with Crippen LogP contribution in [0.2, 0.25) is 0 Å². The molecule has 2 rings (SSSR count). The van der Waals surface area contributed by atoms with Gasteiger partial charge in [0.15, 0.2) is 0 Å². The second-order valence-electron chi connectivity index (χ2n) is 2.19. The maximum Gasteiger partial charge on any atom is 0.0289 e. The molecule has 1 N–H and O–H groups in total. The Morgan fingerprint density at radius 1 is 1.67 bits per heavy atom. The van der Waals surface area contributed by atoms with E-state index in [1.54, 1.807) is 0 Å². The smallest absolute Gasteiger partial charge is 0.0289 e. The van der Waals surface area contributed by atoms with Crippen LogP contribution in [0.3, 0.4) is 0 Å². The van der Waals surface area contributed by atoms with Gasteiger partial charge in [0.25, 0.3) is 0 Å². The molecule has 0 aromatic heterocycles. The average molecular weight is 102 g/mol. The first-order valence-corrected chi connectivity index (χ1v) is 3.88. The third-order valence-corrected chi connectivity index (χ3v) is 3.93. The van der Waals surface area contributed by atoms with Crippen molar-refractivity contribution < 1.29 is 4.89 Å². The fourth-order valence-corrected chi connectivity index (χ4v) is 2.90. The highest BCUT2D eigenvalue weighted by Crippen LogP contribution is 2.67. The Bertz CT molecular complexity index is 83.6. The zero-order valence-corrected chi connectivity index (χ0v) is 4.36. The topological polar surface area (TPSA) is 20.2 Å². The molecule has 2 heteroatoms. The third kappa shape index (κ3) is 0.244. The van der Waals surface area contributed by atoms with Crippen molar-refractivity contribution in [2.45, 2.75) is 12.1 Å². The van der Waals surface area contributed by atoms with Crippen LogP contribution < -0.4 is 0 Å². The van der Waals surface area contributed by atoms with E-state index in [1.807, 2.05) is 0 Å². The molecular formula is C4H7OP. The molecule has 1 saturated heterocycles. The Hall–Kier alpha value is 0.390. The molecule has 0 radical (unpaired) electrons. The normalized spacial score (nSPS) is 62.5. The van der Waals surface area contributed by atoms with Crippen molar-refractivity contribution in [3.63, 3.8) is 0 Å². The molecule has 3 unspecified atom stereocenters. The summed E-state index contributed by atoms with van der Waals surface area (Å²) in [6.07, 6.45) is 2.52. The maximum absolute atomic E-state index is 8.82. The van der Waals surface area contributed by atoms with Crippen molar-refractivity contribution in [2.24, 2.45) is 5.92 Å². The summed E-state index contributed by atoms with van der Waals surface area (Å²) in [7, 11) is -0.405. The van der Waals surface area contributed by atoms with Crippen LogP contribution in [0.25, 0.3) is 0 Å². The fourth-order valence-electron chi connectivity index (χ4n) is 1.03. The first kappa shape index (κ1) is 3.40. The van der Waals surface area contributed by atoms with Gasteiger partial charge in [-0.3, -0.25) is 0 Å². The van der Waals surface area contributed by atoms with Gasteiger partial charge in [-0.25, -0.2) is 0 Å². The van der Waals surface area contributed by atoms with E-state index >= 15 is 0 Å². The number of rotatable bonds is 0. The van der Waals surface area contributed by atoms with E-state index in [-0.39, 0.29) is 0 Å². The Kier molecular flexibility index (Phi) is 0.454. The Balaban J connectivity index is 2.08. The van der Waals surface area contributed by atoms with Crippen molar-refractivity contribution >= 4 is 8.15 Å². The summed E-state index contributed by atoms with van der Waals surface area (Å²) in [5.74, 6) is 0.987. The van der Waals surface area contributed by atoms with Crippen LogP contribution >= 0.6 is 8.15 Å². The second kappa shape index (κ2) is 0.801. The molecule has 0 aromatic carbocycles. The standard InChI is InChI=1S/C4H7OP/c5-6-2-3-1-4(3)6/h3-5H,1-2H2. The van der Waals surface area contributed by atoms with Gasteiger partial charge in [0.1, 0.15) is 0 Å². The highest BCUT2D eigenvalue weighted by molar-refractivity contribution is 7.54. The molecule has 1 saturated carbocycles. The van der Waals surface area contributed by atoms with Gasteiger partial charge in [0, 0.05) is 13.8 Å². The molecular weight excluding hydrogens is 95.0 g/mol. The molecule has 0 bridgehead atoms. The Morgan fingerprint density at radius 2 is 2.50 bits per heavy atom. The first-order chi connectivity index (χ1) is 2.88. The Labute approximate surface area is 38.2 Å². The molecule has 34 valence electrons. The quantitative estimate of drug-likeness (QED) is 0.448. The SMILES string of the molecule is OP1CC2CC21. The molecule has 0 aromatic rings. The molecule has 1 aliphatic heterocycles. The van der Waals surface area contributed by atoms with Crippen molar-refractivity contribution in [3.05, 3.63) is 0 Å². The molecule has 1 heterocycles.